The Morgan fingerprint density at radius 3 is 2.37 bits per heavy atom. The van der Waals surface area contributed by atoms with E-state index in [1.807, 2.05) is 13.0 Å². The van der Waals surface area contributed by atoms with Gasteiger partial charge in [-0.1, -0.05) is 32.0 Å². The second-order valence-electron chi connectivity index (χ2n) is 5.50. The molecule has 19 heavy (non-hydrogen) atoms. The van der Waals surface area contributed by atoms with Crippen LogP contribution >= 0.6 is 0 Å². The number of hydrogen-bond donors (Lipinski definition) is 1. The van der Waals surface area contributed by atoms with E-state index >= 15 is 0 Å². The van der Waals surface area contributed by atoms with Crippen molar-refractivity contribution < 1.29 is 4.39 Å². The molecule has 2 aromatic rings. The van der Waals surface area contributed by atoms with Gasteiger partial charge in [-0.3, -0.25) is 4.98 Å². The summed E-state index contributed by atoms with van der Waals surface area (Å²) in [6.45, 7) is 6.12. The lowest BCUT2D eigenvalue weighted by Crippen LogP contribution is -2.33. The van der Waals surface area contributed by atoms with E-state index in [1.165, 1.54) is 12.1 Å². The Morgan fingerprint density at radius 1 is 1.16 bits per heavy atom. The number of aryl methyl sites for hydroxylation is 1. The molecule has 1 heterocycles. The van der Waals surface area contributed by atoms with Gasteiger partial charge in [-0.25, -0.2) is 4.39 Å². The molecular weight excluding hydrogens is 239 g/mol. The van der Waals surface area contributed by atoms with Crippen LogP contribution in [-0.4, -0.2) is 4.98 Å². The van der Waals surface area contributed by atoms with Gasteiger partial charge in [0.25, 0.3) is 0 Å². The number of pyridine rings is 1. The van der Waals surface area contributed by atoms with Gasteiger partial charge in [0.05, 0.1) is 0 Å². The molecule has 1 atom stereocenters. The van der Waals surface area contributed by atoms with Crippen molar-refractivity contribution in [1.29, 1.82) is 0 Å². The molecule has 0 aliphatic rings. The summed E-state index contributed by atoms with van der Waals surface area (Å²) in [5.74, 6) is -0.231. The molecule has 1 unspecified atom stereocenters. The maximum Gasteiger partial charge on any atom is 0.123 e. The summed E-state index contributed by atoms with van der Waals surface area (Å²) < 4.78 is 13.0. The van der Waals surface area contributed by atoms with Crippen LogP contribution in [0.5, 0.6) is 0 Å². The van der Waals surface area contributed by atoms with E-state index in [9.17, 15) is 4.39 Å². The van der Waals surface area contributed by atoms with E-state index in [2.05, 4.69) is 18.8 Å². The van der Waals surface area contributed by atoms with Crippen molar-refractivity contribution in [2.24, 2.45) is 5.73 Å². The highest BCUT2D eigenvalue weighted by molar-refractivity contribution is 5.31. The molecular formula is C16H19FN2. The van der Waals surface area contributed by atoms with Crippen molar-refractivity contribution in [3.05, 3.63) is 65.2 Å². The summed E-state index contributed by atoms with van der Waals surface area (Å²) in [6.07, 6.45) is 3.60. The molecule has 0 saturated heterocycles. The van der Waals surface area contributed by atoms with Crippen LogP contribution in [0, 0.1) is 12.7 Å². The van der Waals surface area contributed by atoms with Gasteiger partial charge in [-0.15, -0.1) is 0 Å². The van der Waals surface area contributed by atoms with Crippen molar-refractivity contribution in [3.8, 4) is 0 Å². The van der Waals surface area contributed by atoms with E-state index in [0.29, 0.717) is 0 Å². The molecule has 2 N–H and O–H groups in total. The van der Waals surface area contributed by atoms with Crippen LogP contribution in [0.2, 0.25) is 0 Å². The van der Waals surface area contributed by atoms with Crippen LogP contribution in [0.3, 0.4) is 0 Å². The third-order valence-electron chi connectivity index (χ3n) is 3.62. The van der Waals surface area contributed by atoms with Gasteiger partial charge in [0.15, 0.2) is 0 Å². The Bertz CT molecular complexity index is 561. The van der Waals surface area contributed by atoms with Crippen LogP contribution < -0.4 is 5.73 Å². The summed E-state index contributed by atoms with van der Waals surface area (Å²) in [5, 5.41) is 0. The highest BCUT2D eigenvalue weighted by Gasteiger charge is 2.30. The first-order valence-corrected chi connectivity index (χ1v) is 6.34. The predicted octanol–water partition coefficient (Wildman–Crippen LogP) is 3.51. The number of nitrogens with two attached hydrogens (primary N) is 1. The molecule has 3 heteroatoms. The minimum absolute atomic E-state index is 0.189. The lowest BCUT2D eigenvalue weighted by atomic mass is 9.75. The monoisotopic (exact) mass is 258 g/mol. The van der Waals surface area contributed by atoms with Crippen molar-refractivity contribution in [3.63, 3.8) is 0 Å². The number of nitrogens with zero attached hydrogens (tertiary/aromatic N) is 1. The van der Waals surface area contributed by atoms with Crippen LogP contribution in [0.25, 0.3) is 0 Å². The Kier molecular flexibility index (Phi) is 3.67. The van der Waals surface area contributed by atoms with Gasteiger partial charge in [-0.2, -0.15) is 0 Å². The van der Waals surface area contributed by atoms with E-state index in [1.54, 1.807) is 24.5 Å². The molecule has 0 aliphatic heterocycles. The smallest absolute Gasteiger partial charge is 0.123 e. The van der Waals surface area contributed by atoms with Gasteiger partial charge < -0.3 is 5.73 Å². The van der Waals surface area contributed by atoms with Crippen molar-refractivity contribution in [2.75, 3.05) is 0 Å². The van der Waals surface area contributed by atoms with Crippen molar-refractivity contribution >= 4 is 0 Å². The van der Waals surface area contributed by atoms with Crippen molar-refractivity contribution in [1.82, 2.24) is 4.98 Å². The SMILES string of the molecule is Cc1cncc(C(N)C(C)(C)c2ccc(F)cc2)c1. The maximum atomic E-state index is 13.0. The Morgan fingerprint density at radius 2 is 1.79 bits per heavy atom. The van der Waals surface area contributed by atoms with E-state index in [0.717, 1.165) is 16.7 Å². The molecule has 0 aliphatic carbocycles. The fourth-order valence-electron chi connectivity index (χ4n) is 2.22. The molecule has 0 radical (unpaired) electrons. The second kappa shape index (κ2) is 5.10. The summed E-state index contributed by atoms with van der Waals surface area (Å²) in [7, 11) is 0. The molecule has 0 bridgehead atoms. The van der Waals surface area contributed by atoms with E-state index in [-0.39, 0.29) is 17.3 Å². The Labute approximate surface area is 113 Å². The first kappa shape index (κ1) is 13.7. The zero-order chi connectivity index (χ0) is 14.0. The third kappa shape index (κ3) is 2.82. The molecule has 0 spiro atoms. The molecule has 2 nitrogen and oxygen atoms in total. The molecule has 100 valence electrons. The number of benzene rings is 1. The summed E-state index contributed by atoms with van der Waals surface area (Å²) in [6, 6.07) is 8.38. The fraction of sp³-hybridized carbons (Fsp3) is 0.312. The van der Waals surface area contributed by atoms with Crippen molar-refractivity contribution in [2.45, 2.75) is 32.2 Å². The molecule has 1 aromatic carbocycles. The second-order valence-corrected chi connectivity index (χ2v) is 5.50. The zero-order valence-electron chi connectivity index (χ0n) is 11.5. The predicted molar refractivity (Wildman–Crippen MR) is 75.3 cm³/mol. The summed E-state index contributed by atoms with van der Waals surface area (Å²) >= 11 is 0. The molecule has 0 saturated carbocycles. The lowest BCUT2D eigenvalue weighted by molar-refractivity contribution is 0.419. The minimum Gasteiger partial charge on any atom is -0.323 e. The van der Waals surface area contributed by atoms with Gasteiger partial charge in [-0.05, 0) is 35.7 Å². The minimum atomic E-state index is -0.289. The Hall–Kier alpha value is -1.74. The zero-order valence-corrected chi connectivity index (χ0v) is 11.5. The van der Waals surface area contributed by atoms with Crippen LogP contribution in [0.1, 0.15) is 36.6 Å². The largest absolute Gasteiger partial charge is 0.323 e. The lowest BCUT2D eigenvalue weighted by Gasteiger charge is -2.32. The first-order chi connectivity index (χ1) is 8.91. The number of rotatable bonds is 3. The number of aromatic nitrogens is 1. The maximum absolute atomic E-state index is 13.0. The normalized spacial score (nSPS) is 13.3. The average molecular weight is 258 g/mol. The standard InChI is InChI=1S/C16H19FN2/c1-11-8-12(10-19-9-11)15(18)16(2,3)13-4-6-14(17)7-5-13/h4-10,15H,18H2,1-3H3. The molecule has 0 fully saturated rings. The number of hydrogen-bond acceptors (Lipinski definition) is 2. The summed E-state index contributed by atoms with van der Waals surface area (Å²) in [4.78, 5) is 4.19. The van der Waals surface area contributed by atoms with Crippen LogP contribution in [0.15, 0.2) is 42.7 Å². The fourth-order valence-corrected chi connectivity index (χ4v) is 2.22. The highest BCUT2D eigenvalue weighted by Crippen LogP contribution is 2.35. The number of halogens is 1. The van der Waals surface area contributed by atoms with E-state index < -0.39 is 0 Å². The topological polar surface area (TPSA) is 38.9 Å². The Balaban J connectivity index is 2.35. The van der Waals surface area contributed by atoms with Gasteiger partial charge in [0.2, 0.25) is 0 Å². The first-order valence-electron chi connectivity index (χ1n) is 6.34. The van der Waals surface area contributed by atoms with Crippen LogP contribution in [0.4, 0.5) is 4.39 Å². The molecule has 1 aromatic heterocycles. The quantitative estimate of drug-likeness (QED) is 0.915. The van der Waals surface area contributed by atoms with Gasteiger partial charge in [0, 0.05) is 23.9 Å². The third-order valence-corrected chi connectivity index (χ3v) is 3.62. The molecule has 2 rings (SSSR count). The average Bonchev–Trinajstić information content (AvgIpc) is 2.38. The van der Waals surface area contributed by atoms with Gasteiger partial charge >= 0.3 is 0 Å². The molecule has 0 amide bonds. The van der Waals surface area contributed by atoms with E-state index in [4.69, 9.17) is 5.73 Å². The highest BCUT2D eigenvalue weighted by atomic mass is 19.1. The summed E-state index contributed by atoms with van der Waals surface area (Å²) in [5.41, 5.74) is 9.19. The van der Waals surface area contributed by atoms with Gasteiger partial charge in [0.1, 0.15) is 5.82 Å². The van der Waals surface area contributed by atoms with Crippen LogP contribution in [-0.2, 0) is 5.41 Å².